The summed E-state index contributed by atoms with van der Waals surface area (Å²) in [4.78, 5) is 21.2. The topological polar surface area (TPSA) is 72.8 Å². The molecule has 1 N–H and O–H groups in total. The van der Waals surface area contributed by atoms with Crippen LogP contribution >= 0.6 is 0 Å². The van der Waals surface area contributed by atoms with E-state index in [9.17, 15) is 14.7 Å². The summed E-state index contributed by atoms with van der Waals surface area (Å²) in [6.07, 6.45) is 0. The second-order valence-electron chi connectivity index (χ2n) is 3.16. The van der Waals surface area contributed by atoms with Crippen molar-refractivity contribution in [1.29, 1.82) is 0 Å². The maximum Gasteiger partial charge on any atom is 0.308 e. The van der Waals surface area contributed by atoms with Crippen LogP contribution in [0.25, 0.3) is 0 Å². The highest BCUT2D eigenvalue weighted by atomic mass is 16.5. The molecule has 1 aromatic rings. The van der Waals surface area contributed by atoms with Gasteiger partial charge in [0.15, 0.2) is 0 Å². The van der Waals surface area contributed by atoms with E-state index in [-0.39, 0.29) is 18.1 Å². The molecular weight excluding hydrogens is 212 g/mol. The van der Waals surface area contributed by atoms with Crippen molar-refractivity contribution in [1.82, 2.24) is 0 Å². The fourth-order valence-corrected chi connectivity index (χ4v) is 1.07. The number of ether oxygens (including phenoxy) is 2. The van der Waals surface area contributed by atoms with Crippen LogP contribution in [0.2, 0.25) is 0 Å². The van der Waals surface area contributed by atoms with E-state index in [1.807, 2.05) is 0 Å². The molecule has 0 atom stereocenters. The molecule has 86 valence electrons. The maximum atomic E-state index is 10.7. The normalized spacial score (nSPS) is 9.62. The van der Waals surface area contributed by atoms with Crippen LogP contribution < -0.4 is 4.74 Å². The lowest BCUT2D eigenvalue weighted by molar-refractivity contribution is -0.142. The molecule has 0 amide bonds. The van der Waals surface area contributed by atoms with E-state index in [4.69, 9.17) is 9.47 Å². The molecule has 0 bridgehead atoms. The number of esters is 2. The predicted octanol–water partition coefficient (Wildman–Crippen LogP) is 1.38. The number of phenols is 1. The number of carbonyl (C=O) groups excluding carboxylic acids is 2. The summed E-state index contributed by atoms with van der Waals surface area (Å²) in [5.74, 6) is -0.729. The number of carbonyl (C=O) groups is 2. The van der Waals surface area contributed by atoms with Crippen LogP contribution in [0.5, 0.6) is 11.5 Å². The van der Waals surface area contributed by atoms with Crippen molar-refractivity contribution < 1.29 is 24.2 Å². The van der Waals surface area contributed by atoms with Gasteiger partial charge < -0.3 is 14.6 Å². The summed E-state index contributed by atoms with van der Waals surface area (Å²) in [7, 11) is 0. The fraction of sp³-hybridized carbons (Fsp3) is 0.273. The van der Waals surface area contributed by atoms with Gasteiger partial charge in [-0.1, -0.05) is 0 Å². The zero-order valence-electron chi connectivity index (χ0n) is 9.02. The van der Waals surface area contributed by atoms with Crippen LogP contribution in [-0.2, 0) is 20.9 Å². The Bertz CT molecular complexity index is 411. The minimum Gasteiger partial charge on any atom is -0.507 e. The number of hydrogen-bond acceptors (Lipinski definition) is 5. The van der Waals surface area contributed by atoms with Gasteiger partial charge in [-0.15, -0.1) is 0 Å². The van der Waals surface area contributed by atoms with Crippen LogP contribution in [0.3, 0.4) is 0 Å². The molecule has 0 aliphatic heterocycles. The summed E-state index contributed by atoms with van der Waals surface area (Å²) in [5.41, 5.74) is 0.450. The highest BCUT2D eigenvalue weighted by molar-refractivity contribution is 5.69. The van der Waals surface area contributed by atoms with Gasteiger partial charge in [0.1, 0.15) is 18.1 Å². The molecule has 0 aliphatic carbocycles. The molecule has 0 saturated carbocycles. The first kappa shape index (κ1) is 12.0. The van der Waals surface area contributed by atoms with Crippen molar-refractivity contribution in [3.8, 4) is 11.5 Å². The number of hydrogen-bond donors (Lipinski definition) is 1. The Kier molecular flexibility index (Phi) is 3.88. The average molecular weight is 224 g/mol. The number of rotatable bonds is 3. The zero-order chi connectivity index (χ0) is 12.1. The van der Waals surface area contributed by atoms with Crippen molar-refractivity contribution in [3.05, 3.63) is 23.8 Å². The van der Waals surface area contributed by atoms with Crippen LogP contribution in [0.4, 0.5) is 0 Å². The Morgan fingerprint density at radius 3 is 2.44 bits per heavy atom. The van der Waals surface area contributed by atoms with Crippen molar-refractivity contribution in [2.75, 3.05) is 0 Å². The highest BCUT2D eigenvalue weighted by Crippen LogP contribution is 2.24. The minimum atomic E-state index is -0.466. The van der Waals surface area contributed by atoms with E-state index in [1.165, 1.54) is 32.0 Å². The van der Waals surface area contributed by atoms with Crippen LogP contribution in [-0.4, -0.2) is 17.0 Å². The first-order chi connectivity index (χ1) is 7.49. The van der Waals surface area contributed by atoms with E-state index >= 15 is 0 Å². The molecule has 1 aromatic carbocycles. The van der Waals surface area contributed by atoms with E-state index in [1.54, 1.807) is 0 Å². The van der Waals surface area contributed by atoms with E-state index < -0.39 is 11.9 Å². The predicted molar refractivity (Wildman–Crippen MR) is 54.9 cm³/mol. The van der Waals surface area contributed by atoms with Crippen LogP contribution in [0, 0.1) is 0 Å². The summed E-state index contributed by atoms with van der Waals surface area (Å²) in [5, 5.41) is 9.53. The van der Waals surface area contributed by atoms with Gasteiger partial charge in [0, 0.05) is 25.5 Å². The number of benzene rings is 1. The first-order valence-electron chi connectivity index (χ1n) is 4.62. The Balaban J connectivity index is 2.75. The largest absolute Gasteiger partial charge is 0.507 e. The van der Waals surface area contributed by atoms with Crippen molar-refractivity contribution >= 4 is 11.9 Å². The third-order valence-electron chi connectivity index (χ3n) is 1.75. The molecule has 0 spiro atoms. The Morgan fingerprint density at radius 2 is 1.94 bits per heavy atom. The molecule has 0 aromatic heterocycles. The molecule has 0 unspecified atom stereocenters. The first-order valence-corrected chi connectivity index (χ1v) is 4.62. The summed E-state index contributed by atoms with van der Waals surface area (Å²) in [6.45, 7) is 2.54. The Labute approximate surface area is 92.6 Å². The van der Waals surface area contributed by atoms with E-state index in [0.29, 0.717) is 5.56 Å². The fourth-order valence-electron chi connectivity index (χ4n) is 1.07. The Hall–Kier alpha value is -2.04. The van der Waals surface area contributed by atoms with Crippen LogP contribution in [0.15, 0.2) is 18.2 Å². The minimum absolute atomic E-state index is 0.0124. The van der Waals surface area contributed by atoms with Gasteiger partial charge in [-0.05, 0) is 12.1 Å². The average Bonchev–Trinajstić information content (AvgIpc) is 2.15. The number of aromatic hydroxyl groups is 1. The standard InChI is InChI=1S/C11H12O5/c1-7(12)15-6-9-3-4-10(5-11(9)14)16-8(2)13/h3-5,14H,6H2,1-2H3. The Morgan fingerprint density at radius 1 is 1.25 bits per heavy atom. The third-order valence-corrected chi connectivity index (χ3v) is 1.75. The van der Waals surface area contributed by atoms with Gasteiger partial charge in [0.25, 0.3) is 0 Å². The maximum absolute atomic E-state index is 10.7. The molecule has 0 heterocycles. The SMILES string of the molecule is CC(=O)OCc1ccc(OC(C)=O)cc1O. The van der Waals surface area contributed by atoms with Gasteiger partial charge in [0.05, 0.1) is 0 Å². The summed E-state index contributed by atoms with van der Waals surface area (Å²) >= 11 is 0. The van der Waals surface area contributed by atoms with Gasteiger partial charge in [-0.25, -0.2) is 0 Å². The smallest absolute Gasteiger partial charge is 0.308 e. The second kappa shape index (κ2) is 5.16. The van der Waals surface area contributed by atoms with Crippen molar-refractivity contribution in [2.45, 2.75) is 20.5 Å². The molecule has 5 nitrogen and oxygen atoms in total. The molecule has 0 aliphatic rings. The third kappa shape index (κ3) is 3.61. The van der Waals surface area contributed by atoms with Crippen molar-refractivity contribution in [2.24, 2.45) is 0 Å². The highest BCUT2D eigenvalue weighted by Gasteiger charge is 2.06. The molecule has 5 heteroatoms. The molecule has 0 fully saturated rings. The molecular formula is C11H12O5. The molecule has 0 saturated heterocycles. The molecule has 16 heavy (non-hydrogen) atoms. The molecule has 0 radical (unpaired) electrons. The summed E-state index contributed by atoms with van der Waals surface area (Å²) in [6, 6.07) is 4.33. The van der Waals surface area contributed by atoms with Gasteiger partial charge >= 0.3 is 11.9 Å². The monoisotopic (exact) mass is 224 g/mol. The quantitative estimate of drug-likeness (QED) is 0.620. The van der Waals surface area contributed by atoms with Crippen molar-refractivity contribution in [3.63, 3.8) is 0 Å². The van der Waals surface area contributed by atoms with Crippen LogP contribution in [0.1, 0.15) is 19.4 Å². The molecule has 1 rings (SSSR count). The van der Waals surface area contributed by atoms with Gasteiger partial charge in [-0.3, -0.25) is 9.59 Å². The lowest BCUT2D eigenvalue weighted by Crippen LogP contribution is -2.02. The lowest BCUT2D eigenvalue weighted by atomic mass is 10.2. The number of phenolic OH excluding ortho intramolecular Hbond substituents is 1. The van der Waals surface area contributed by atoms with E-state index in [0.717, 1.165) is 0 Å². The zero-order valence-corrected chi connectivity index (χ0v) is 9.02. The second-order valence-corrected chi connectivity index (χ2v) is 3.16. The lowest BCUT2D eigenvalue weighted by Gasteiger charge is -2.07. The van der Waals surface area contributed by atoms with Gasteiger partial charge in [-0.2, -0.15) is 0 Å². The summed E-state index contributed by atoms with van der Waals surface area (Å²) < 4.78 is 9.49. The van der Waals surface area contributed by atoms with Gasteiger partial charge in [0.2, 0.25) is 0 Å². The van der Waals surface area contributed by atoms with E-state index in [2.05, 4.69) is 0 Å².